The largest absolute Gasteiger partial charge is 0.482 e. The van der Waals surface area contributed by atoms with E-state index in [1.807, 2.05) is 22.6 Å². The van der Waals surface area contributed by atoms with Gasteiger partial charge in [0.25, 0.3) is 5.91 Å². The van der Waals surface area contributed by atoms with Crippen molar-refractivity contribution in [3.63, 3.8) is 0 Å². The van der Waals surface area contributed by atoms with Gasteiger partial charge in [-0.1, -0.05) is 12.1 Å². The van der Waals surface area contributed by atoms with Crippen LogP contribution in [0, 0.1) is 9.39 Å². The van der Waals surface area contributed by atoms with E-state index < -0.39 is 6.10 Å². The number of aliphatic hydroxyl groups excluding tert-OH is 1. The summed E-state index contributed by atoms with van der Waals surface area (Å²) in [5.41, 5.74) is 1.74. The Hall–Kier alpha value is -1.67. The van der Waals surface area contributed by atoms with Crippen LogP contribution in [0.2, 0.25) is 0 Å². The number of amides is 1. The summed E-state index contributed by atoms with van der Waals surface area (Å²) in [6.07, 6.45) is -0.901. The van der Waals surface area contributed by atoms with Crippen molar-refractivity contribution in [1.82, 2.24) is 0 Å². The maximum absolute atomic E-state index is 13.1. The lowest BCUT2D eigenvalue weighted by Gasteiger charge is -2.20. The van der Waals surface area contributed by atoms with Gasteiger partial charge in [0.2, 0.25) is 0 Å². The smallest absolute Gasteiger partial charge is 0.262 e. The maximum atomic E-state index is 13.1. The third kappa shape index (κ3) is 2.86. The Morgan fingerprint density at radius 3 is 2.86 bits per heavy atom. The average molecular weight is 399 g/mol. The summed E-state index contributed by atoms with van der Waals surface area (Å²) in [7, 11) is 0. The molecule has 2 N–H and O–H groups in total. The number of ether oxygens (including phenoxy) is 1. The highest BCUT2D eigenvalue weighted by Crippen LogP contribution is 2.33. The third-order valence-electron chi connectivity index (χ3n) is 3.21. The van der Waals surface area contributed by atoms with Gasteiger partial charge in [0.1, 0.15) is 17.7 Å². The number of halogens is 2. The van der Waals surface area contributed by atoms with Crippen LogP contribution in [0.15, 0.2) is 36.4 Å². The number of carbonyl (C=O) groups excluding carboxylic acids is 1. The number of benzene rings is 2. The Labute approximate surface area is 134 Å². The minimum atomic E-state index is -0.901. The van der Waals surface area contributed by atoms with E-state index in [0.717, 1.165) is 0 Å². The fourth-order valence-corrected chi connectivity index (χ4v) is 2.95. The molecule has 0 radical (unpaired) electrons. The molecular weight excluding hydrogens is 388 g/mol. The van der Waals surface area contributed by atoms with Gasteiger partial charge in [-0.15, -0.1) is 0 Å². The number of fused-ring (bicyclic) bond motifs is 1. The number of nitrogens with one attached hydrogen (secondary N) is 1. The van der Waals surface area contributed by atoms with Crippen molar-refractivity contribution in [3.05, 3.63) is 56.9 Å². The lowest BCUT2D eigenvalue weighted by Crippen LogP contribution is -2.25. The van der Waals surface area contributed by atoms with Crippen LogP contribution in [0.1, 0.15) is 17.2 Å². The topological polar surface area (TPSA) is 58.6 Å². The summed E-state index contributed by atoms with van der Waals surface area (Å²) < 4.78 is 19.0. The fourth-order valence-electron chi connectivity index (χ4n) is 2.17. The zero-order valence-corrected chi connectivity index (χ0v) is 12.9. The van der Waals surface area contributed by atoms with Crippen molar-refractivity contribution in [2.24, 2.45) is 0 Å². The van der Waals surface area contributed by atoms with Crippen molar-refractivity contribution in [2.45, 2.75) is 6.10 Å². The molecule has 2 aromatic carbocycles. The van der Waals surface area contributed by atoms with E-state index in [9.17, 15) is 14.3 Å². The van der Waals surface area contributed by atoms with E-state index in [2.05, 4.69) is 5.32 Å². The quantitative estimate of drug-likeness (QED) is 0.764. The van der Waals surface area contributed by atoms with Gasteiger partial charge in [0, 0.05) is 3.57 Å². The van der Waals surface area contributed by atoms with Crippen LogP contribution >= 0.6 is 22.6 Å². The molecule has 1 amide bonds. The Kier molecular flexibility index (Phi) is 3.81. The first-order valence-corrected chi connectivity index (χ1v) is 7.32. The number of carbonyl (C=O) groups is 1. The van der Waals surface area contributed by atoms with E-state index in [4.69, 9.17) is 4.74 Å². The SMILES string of the molecule is O=C1COc2ccc(C(O)c3ccc(F)cc3I)cc2N1. The van der Waals surface area contributed by atoms with Gasteiger partial charge < -0.3 is 15.2 Å². The molecule has 21 heavy (non-hydrogen) atoms. The lowest BCUT2D eigenvalue weighted by molar-refractivity contribution is -0.118. The number of hydrogen-bond acceptors (Lipinski definition) is 3. The average Bonchev–Trinajstić information content (AvgIpc) is 2.46. The van der Waals surface area contributed by atoms with E-state index >= 15 is 0 Å². The third-order valence-corrected chi connectivity index (χ3v) is 4.14. The van der Waals surface area contributed by atoms with Crippen molar-refractivity contribution in [1.29, 1.82) is 0 Å². The molecule has 1 aliphatic rings. The zero-order chi connectivity index (χ0) is 15.0. The first-order chi connectivity index (χ1) is 10.0. The van der Waals surface area contributed by atoms with Gasteiger partial charge in [-0.05, 0) is 58.0 Å². The summed E-state index contributed by atoms with van der Waals surface area (Å²) in [6.45, 7) is -0.00917. The predicted molar refractivity (Wildman–Crippen MR) is 83.7 cm³/mol. The molecule has 6 heteroatoms. The Morgan fingerprint density at radius 1 is 1.29 bits per heavy atom. The number of hydrogen-bond donors (Lipinski definition) is 2. The second kappa shape index (κ2) is 5.61. The van der Waals surface area contributed by atoms with E-state index in [-0.39, 0.29) is 18.3 Å². The molecule has 0 fully saturated rings. The standard InChI is InChI=1S/C15H11FINO3/c16-9-2-3-10(11(17)6-9)15(20)8-1-4-13-12(5-8)18-14(19)7-21-13/h1-6,15,20H,7H2,(H,18,19). The molecule has 4 nitrogen and oxygen atoms in total. The second-order valence-electron chi connectivity index (χ2n) is 4.66. The number of aliphatic hydroxyl groups is 1. The molecule has 0 aliphatic carbocycles. The molecule has 1 heterocycles. The van der Waals surface area contributed by atoms with Gasteiger partial charge in [-0.3, -0.25) is 4.79 Å². The Bertz CT molecular complexity index is 720. The van der Waals surface area contributed by atoms with E-state index in [1.54, 1.807) is 24.3 Å². The number of rotatable bonds is 2. The monoisotopic (exact) mass is 399 g/mol. The molecule has 0 saturated carbocycles. The summed E-state index contributed by atoms with van der Waals surface area (Å²) in [5.74, 6) is -0.00805. The second-order valence-corrected chi connectivity index (χ2v) is 5.82. The Morgan fingerprint density at radius 2 is 2.10 bits per heavy atom. The molecule has 1 aliphatic heterocycles. The van der Waals surface area contributed by atoms with Crippen LogP contribution in [0.5, 0.6) is 5.75 Å². The van der Waals surface area contributed by atoms with Crippen molar-refractivity contribution < 1.29 is 19.0 Å². The molecule has 0 bridgehead atoms. The fraction of sp³-hybridized carbons (Fsp3) is 0.133. The minimum absolute atomic E-state index is 0.00917. The van der Waals surface area contributed by atoms with Crippen LogP contribution in [-0.4, -0.2) is 17.6 Å². The summed E-state index contributed by atoms with van der Waals surface area (Å²) in [5, 5.41) is 13.1. The van der Waals surface area contributed by atoms with Crippen molar-refractivity contribution in [2.75, 3.05) is 11.9 Å². The lowest BCUT2D eigenvalue weighted by atomic mass is 10.0. The zero-order valence-electron chi connectivity index (χ0n) is 10.8. The van der Waals surface area contributed by atoms with Crippen LogP contribution in [0.3, 0.4) is 0 Å². The van der Waals surface area contributed by atoms with Gasteiger partial charge in [-0.25, -0.2) is 4.39 Å². The normalized spacial score (nSPS) is 14.9. The molecule has 0 saturated heterocycles. The minimum Gasteiger partial charge on any atom is -0.482 e. The van der Waals surface area contributed by atoms with Crippen molar-refractivity contribution >= 4 is 34.2 Å². The maximum Gasteiger partial charge on any atom is 0.262 e. The molecule has 2 aromatic rings. The predicted octanol–water partition coefficient (Wildman–Crippen LogP) is 2.84. The molecule has 1 atom stereocenters. The molecule has 0 aromatic heterocycles. The van der Waals surface area contributed by atoms with Gasteiger partial charge in [0.05, 0.1) is 5.69 Å². The molecular formula is C15H11FINO3. The molecule has 108 valence electrons. The summed E-state index contributed by atoms with van der Waals surface area (Å²) in [6, 6.07) is 9.31. The van der Waals surface area contributed by atoms with Crippen LogP contribution < -0.4 is 10.1 Å². The van der Waals surface area contributed by atoms with Gasteiger partial charge in [-0.2, -0.15) is 0 Å². The van der Waals surface area contributed by atoms with E-state index in [1.165, 1.54) is 12.1 Å². The van der Waals surface area contributed by atoms with Gasteiger partial charge in [0.15, 0.2) is 6.61 Å². The summed E-state index contributed by atoms with van der Waals surface area (Å²) in [4.78, 5) is 11.3. The molecule has 3 rings (SSSR count). The summed E-state index contributed by atoms with van der Waals surface area (Å²) >= 11 is 1.98. The highest BCUT2D eigenvalue weighted by Gasteiger charge is 2.20. The first kappa shape index (κ1) is 14.3. The molecule has 0 spiro atoms. The first-order valence-electron chi connectivity index (χ1n) is 6.24. The van der Waals surface area contributed by atoms with Gasteiger partial charge >= 0.3 is 0 Å². The van der Waals surface area contributed by atoms with Crippen LogP contribution in [0.25, 0.3) is 0 Å². The number of anilines is 1. The highest BCUT2D eigenvalue weighted by molar-refractivity contribution is 14.1. The Balaban J connectivity index is 1.96. The molecule has 1 unspecified atom stereocenters. The highest BCUT2D eigenvalue weighted by atomic mass is 127. The van der Waals surface area contributed by atoms with E-state index in [0.29, 0.717) is 26.1 Å². The van der Waals surface area contributed by atoms with Crippen LogP contribution in [-0.2, 0) is 4.79 Å². The van der Waals surface area contributed by atoms with Crippen molar-refractivity contribution in [3.8, 4) is 5.75 Å². The van der Waals surface area contributed by atoms with Crippen LogP contribution in [0.4, 0.5) is 10.1 Å².